The fourth-order valence-corrected chi connectivity index (χ4v) is 4.76. The number of carbonyl (C=O) groups excluding carboxylic acids is 1. The minimum absolute atomic E-state index is 0.0438. The molecule has 1 fully saturated rings. The number of methoxy groups -OCH3 is 1. The van der Waals surface area contributed by atoms with Crippen molar-refractivity contribution in [2.24, 2.45) is 5.92 Å². The van der Waals surface area contributed by atoms with Crippen molar-refractivity contribution in [1.29, 1.82) is 0 Å². The number of carbonyl (C=O) groups is 1. The number of ether oxygens (including phenoxy) is 2. The second-order valence-corrected chi connectivity index (χ2v) is 8.94. The Morgan fingerprint density at radius 3 is 2.29 bits per heavy atom. The number of H-pyrrole nitrogens is 1. The third-order valence-electron chi connectivity index (χ3n) is 6.66. The van der Waals surface area contributed by atoms with Gasteiger partial charge < -0.3 is 19.4 Å². The van der Waals surface area contributed by atoms with Gasteiger partial charge in [-0.05, 0) is 54.5 Å². The summed E-state index contributed by atoms with van der Waals surface area (Å²) in [5, 5.41) is 0.936. The molecule has 0 aliphatic carbocycles. The van der Waals surface area contributed by atoms with Crippen molar-refractivity contribution in [3.8, 4) is 11.5 Å². The quantitative estimate of drug-likeness (QED) is 0.381. The van der Waals surface area contributed by atoms with Crippen molar-refractivity contribution in [3.63, 3.8) is 0 Å². The molecular weight excluding hydrogens is 424 g/mol. The zero-order chi connectivity index (χ0) is 23.3. The Bertz CT molecular complexity index is 1240. The molecular formula is C29H30N2O3. The zero-order valence-corrected chi connectivity index (χ0v) is 19.5. The summed E-state index contributed by atoms with van der Waals surface area (Å²) < 4.78 is 11.7. The Hall–Kier alpha value is -3.73. The average molecular weight is 455 g/mol. The van der Waals surface area contributed by atoms with Crippen molar-refractivity contribution in [2.45, 2.75) is 25.9 Å². The van der Waals surface area contributed by atoms with Crippen molar-refractivity contribution in [1.82, 2.24) is 9.88 Å². The molecule has 0 radical (unpaired) electrons. The molecule has 0 bridgehead atoms. The van der Waals surface area contributed by atoms with Crippen LogP contribution in [-0.2, 0) is 13.0 Å². The van der Waals surface area contributed by atoms with E-state index in [2.05, 4.69) is 35.3 Å². The normalized spacial score (nSPS) is 14.3. The maximum Gasteiger partial charge on any atom is 0.270 e. The van der Waals surface area contributed by atoms with E-state index in [0.29, 0.717) is 29.7 Å². The number of likely N-dealkylation sites (tertiary alicyclic amines) is 1. The maximum atomic E-state index is 13.3. The summed E-state index contributed by atoms with van der Waals surface area (Å²) >= 11 is 0. The van der Waals surface area contributed by atoms with Crippen molar-refractivity contribution in [3.05, 3.63) is 95.7 Å². The Kier molecular flexibility index (Phi) is 6.52. The van der Waals surface area contributed by atoms with Gasteiger partial charge in [-0.15, -0.1) is 0 Å². The van der Waals surface area contributed by atoms with Crippen LogP contribution in [0.3, 0.4) is 0 Å². The number of fused-ring (bicyclic) bond motifs is 1. The molecule has 34 heavy (non-hydrogen) atoms. The molecule has 3 aromatic carbocycles. The highest BCUT2D eigenvalue weighted by Crippen LogP contribution is 2.36. The number of amides is 1. The van der Waals surface area contributed by atoms with E-state index in [-0.39, 0.29) is 5.91 Å². The smallest absolute Gasteiger partial charge is 0.270 e. The molecule has 0 spiro atoms. The van der Waals surface area contributed by atoms with Crippen molar-refractivity contribution < 1.29 is 14.3 Å². The fraction of sp³-hybridized carbons (Fsp3) is 0.276. The van der Waals surface area contributed by atoms with Crippen LogP contribution in [0, 0.1) is 5.92 Å². The predicted octanol–water partition coefficient (Wildman–Crippen LogP) is 5.85. The Balaban J connectivity index is 1.29. The van der Waals surface area contributed by atoms with Gasteiger partial charge >= 0.3 is 0 Å². The summed E-state index contributed by atoms with van der Waals surface area (Å²) in [5.74, 6) is 1.94. The fourth-order valence-electron chi connectivity index (χ4n) is 4.76. The molecule has 1 saturated heterocycles. The Labute approximate surface area is 200 Å². The minimum Gasteiger partial charge on any atom is -0.493 e. The summed E-state index contributed by atoms with van der Waals surface area (Å²) in [6.07, 6.45) is 3.14. The lowest BCUT2D eigenvalue weighted by atomic mass is 9.90. The van der Waals surface area contributed by atoms with Gasteiger partial charge in [0.2, 0.25) is 0 Å². The van der Waals surface area contributed by atoms with E-state index in [0.717, 1.165) is 48.8 Å². The van der Waals surface area contributed by atoms with E-state index >= 15 is 0 Å². The largest absolute Gasteiger partial charge is 0.493 e. The van der Waals surface area contributed by atoms with Crippen molar-refractivity contribution >= 4 is 16.8 Å². The zero-order valence-electron chi connectivity index (χ0n) is 19.5. The lowest BCUT2D eigenvalue weighted by molar-refractivity contribution is 0.0685. The molecule has 1 aliphatic heterocycles. The van der Waals surface area contributed by atoms with Gasteiger partial charge in [-0.25, -0.2) is 0 Å². The van der Waals surface area contributed by atoms with E-state index in [1.54, 1.807) is 7.11 Å². The summed E-state index contributed by atoms with van der Waals surface area (Å²) in [6, 6.07) is 26.4. The molecule has 5 nitrogen and oxygen atoms in total. The monoisotopic (exact) mass is 454 g/mol. The number of benzene rings is 3. The molecule has 0 atom stereocenters. The van der Waals surface area contributed by atoms with Gasteiger partial charge in [0.15, 0.2) is 11.5 Å². The van der Waals surface area contributed by atoms with Gasteiger partial charge in [0.05, 0.1) is 12.6 Å². The number of aromatic nitrogens is 1. The average Bonchev–Trinajstić information content (AvgIpc) is 3.33. The molecule has 5 heteroatoms. The molecule has 1 amide bonds. The van der Waals surface area contributed by atoms with Gasteiger partial charge in [-0.2, -0.15) is 0 Å². The number of aromatic amines is 1. The van der Waals surface area contributed by atoms with E-state index in [1.165, 1.54) is 5.56 Å². The lowest BCUT2D eigenvalue weighted by Crippen LogP contribution is -2.39. The lowest BCUT2D eigenvalue weighted by Gasteiger charge is -2.31. The van der Waals surface area contributed by atoms with Crippen LogP contribution in [0.4, 0.5) is 0 Å². The van der Waals surface area contributed by atoms with Crippen LogP contribution >= 0.6 is 0 Å². The molecule has 1 aliphatic rings. The highest BCUT2D eigenvalue weighted by atomic mass is 16.5. The third-order valence-corrected chi connectivity index (χ3v) is 6.66. The Morgan fingerprint density at radius 2 is 1.62 bits per heavy atom. The third kappa shape index (κ3) is 4.79. The molecule has 174 valence electrons. The minimum atomic E-state index is 0.0438. The molecule has 4 aromatic rings. The first kappa shape index (κ1) is 22.1. The van der Waals surface area contributed by atoms with Crippen LogP contribution in [0.1, 0.15) is 34.5 Å². The van der Waals surface area contributed by atoms with Gasteiger partial charge in [0, 0.05) is 18.5 Å². The van der Waals surface area contributed by atoms with Gasteiger partial charge in [-0.1, -0.05) is 60.7 Å². The highest BCUT2D eigenvalue weighted by molar-refractivity contribution is 6.00. The number of nitrogens with zero attached hydrogens (tertiary/aromatic N) is 1. The van der Waals surface area contributed by atoms with Gasteiger partial charge in [0.1, 0.15) is 12.3 Å². The molecule has 5 rings (SSSR count). The molecule has 0 saturated carbocycles. The second kappa shape index (κ2) is 10.0. The second-order valence-electron chi connectivity index (χ2n) is 8.94. The molecule has 0 unspecified atom stereocenters. The maximum absolute atomic E-state index is 13.3. The predicted molar refractivity (Wildman–Crippen MR) is 134 cm³/mol. The van der Waals surface area contributed by atoms with Crippen LogP contribution in [0.25, 0.3) is 10.9 Å². The number of hydrogen-bond donors (Lipinski definition) is 1. The number of rotatable bonds is 7. The number of nitrogens with one attached hydrogen (secondary N) is 1. The number of hydrogen-bond acceptors (Lipinski definition) is 3. The summed E-state index contributed by atoms with van der Waals surface area (Å²) in [7, 11) is 1.63. The summed E-state index contributed by atoms with van der Waals surface area (Å²) in [4.78, 5) is 18.6. The standard InChI is InChI=1S/C29H30N2O3/c1-33-26-13-12-24-19-25(30-27(24)28(26)34-20-23-10-6-3-7-11-23)29(32)31-16-14-22(15-17-31)18-21-8-4-2-5-9-21/h2-13,19,22,30H,14-18,20H2,1H3. The van der Waals surface area contributed by atoms with Gasteiger partial charge in [-0.3, -0.25) is 4.79 Å². The van der Waals surface area contributed by atoms with Gasteiger partial charge in [0.25, 0.3) is 5.91 Å². The van der Waals surface area contributed by atoms with Crippen LogP contribution in [-0.4, -0.2) is 36.0 Å². The first-order chi connectivity index (χ1) is 16.7. The molecule has 1 aromatic heterocycles. The SMILES string of the molecule is COc1ccc2cc(C(=O)N3CCC(Cc4ccccc4)CC3)[nH]c2c1OCc1ccccc1. The van der Waals surface area contributed by atoms with Crippen LogP contribution < -0.4 is 9.47 Å². The molecule has 1 N–H and O–H groups in total. The van der Waals surface area contributed by atoms with E-state index in [9.17, 15) is 4.79 Å². The van der Waals surface area contributed by atoms with Crippen LogP contribution in [0.15, 0.2) is 78.9 Å². The number of piperidine rings is 1. The van der Waals surface area contributed by atoms with E-state index in [4.69, 9.17) is 9.47 Å². The Morgan fingerprint density at radius 1 is 0.941 bits per heavy atom. The summed E-state index contributed by atoms with van der Waals surface area (Å²) in [6.45, 7) is 1.99. The van der Waals surface area contributed by atoms with Crippen LogP contribution in [0.2, 0.25) is 0 Å². The summed E-state index contributed by atoms with van der Waals surface area (Å²) in [5.41, 5.74) is 3.83. The topological polar surface area (TPSA) is 54.6 Å². The van der Waals surface area contributed by atoms with Crippen molar-refractivity contribution in [2.75, 3.05) is 20.2 Å². The first-order valence-electron chi connectivity index (χ1n) is 11.9. The van der Waals surface area contributed by atoms with Crippen LogP contribution in [0.5, 0.6) is 11.5 Å². The van der Waals surface area contributed by atoms with E-state index < -0.39 is 0 Å². The highest BCUT2D eigenvalue weighted by Gasteiger charge is 2.25. The first-order valence-corrected chi connectivity index (χ1v) is 11.9. The van der Waals surface area contributed by atoms with E-state index in [1.807, 2.05) is 53.4 Å². The molecule has 2 heterocycles.